The van der Waals surface area contributed by atoms with Gasteiger partial charge in [0, 0.05) is 12.7 Å². The van der Waals surface area contributed by atoms with Crippen LogP contribution in [0.4, 0.5) is 10.2 Å². The van der Waals surface area contributed by atoms with Crippen LogP contribution in [0.25, 0.3) is 11.0 Å². The molecule has 2 aromatic carbocycles. The van der Waals surface area contributed by atoms with Crippen molar-refractivity contribution < 1.29 is 17.3 Å². The highest BCUT2D eigenvalue weighted by Gasteiger charge is 2.22. The number of benzene rings is 2. The highest BCUT2D eigenvalue weighted by molar-refractivity contribution is 7.92. The Morgan fingerprint density at radius 2 is 2.03 bits per heavy atom. The fourth-order valence-corrected chi connectivity index (χ4v) is 4.22. The maximum Gasteiger partial charge on any atom is 0.266 e. The third-order valence-electron chi connectivity index (χ3n) is 4.44. The first-order valence-corrected chi connectivity index (χ1v) is 10.2. The zero-order chi connectivity index (χ0) is 20.6. The molecule has 2 aromatic heterocycles. The zero-order valence-electron chi connectivity index (χ0n) is 15.5. The van der Waals surface area contributed by atoms with Gasteiger partial charge in [-0.05, 0) is 42.3 Å². The smallest absolute Gasteiger partial charge is 0.266 e. The summed E-state index contributed by atoms with van der Waals surface area (Å²) in [6.07, 6.45) is 1.83. The largest absolute Gasteiger partial charge is 0.354 e. The number of hydrogen-bond acceptors (Lipinski definition) is 6. The van der Waals surface area contributed by atoms with E-state index in [1.165, 1.54) is 18.2 Å². The van der Waals surface area contributed by atoms with E-state index >= 15 is 0 Å². The predicted octanol–water partition coefficient (Wildman–Crippen LogP) is 2.78. The molecule has 150 valence electrons. The maximum atomic E-state index is 13.9. The molecule has 0 atom stereocenters. The fraction of sp³-hybridized carbons (Fsp3) is 0.158. The number of aryl methyl sites for hydroxylation is 1. The van der Waals surface area contributed by atoms with Crippen LogP contribution >= 0.6 is 0 Å². The Hall–Kier alpha value is -3.24. The number of aromatic nitrogens is 3. The number of hydrogen-bond donors (Lipinski definition) is 2. The SMILES string of the molecule is Cc1cc(Cn2ccc(CN)n2)cc2onc(NS(=O)(=O)c3ccccc3F)c12. The second-order valence-electron chi connectivity index (χ2n) is 6.56. The van der Waals surface area contributed by atoms with Crippen LogP contribution in [0.15, 0.2) is 58.1 Å². The van der Waals surface area contributed by atoms with Gasteiger partial charge in [-0.2, -0.15) is 5.10 Å². The van der Waals surface area contributed by atoms with Crippen LogP contribution in [0.3, 0.4) is 0 Å². The molecule has 0 radical (unpaired) electrons. The quantitative estimate of drug-likeness (QED) is 0.500. The summed E-state index contributed by atoms with van der Waals surface area (Å²) in [5.74, 6) is -0.834. The number of fused-ring (bicyclic) bond motifs is 1. The average Bonchev–Trinajstić information content (AvgIpc) is 3.29. The van der Waals surface area contributed by atoms with Gasteiger partial charge in [-0.15, -0.1) is 0 Å². The van der Waals surface area contributed by atoms with E-state index < -0.39 is 20.7 Å². The van der Waals surface area contributed by atoms with Crippen LogP contribution in [0.1, 0.15) is 16.8 Å². The summed E-state index contributed by atoms with van der Waals surface area (Å²) in [6.45, 7) is 2.67. The molecule has 4 rings (SSSR count). The molecule has 3 N–H and O–H groups in total. The number of rotatable bonds is 6. The molecule has 8 nitrogen and oxygen atoms in total. The summed E-state index contributed by atoms with van der Waals surface area (Å²) in [5.41, 5.74) is 8.44. The van der Waals surface area contributed by atoms with Gasteiger partial charge in [0.15, 0.2) is 11.4 Å². The van der Waals surface area contributed by atoms with Crippen molar-refractivity contribution >= 4 is 26.8 Å². The Bertz CT molecular complexity index is 1300. The van der Waals surface area contributed by atoms with Crippen LogP contribution < -0.4 is 10.5 Å². The fourth-order valence-electron chi connectivity index (χ4n) is 3.14. The molecule has 10 heteroatoms. The van der Waals surface area contributed by atoms with E-state index in [0.717, 1.165) is 22.9 Å². The Morgan fingerprint density at radius 3 is 2.76 bits per heavy atom. The molecule has 0 saturated heterocycles. The van der Waals surface area contributed by atoms with Gasteiger partial charge < -0.3 is 10.3 Å². The topological polar surface area (TPSA) is 116 Å². The Morgan fingerprint density at radius 1 is 1.24 bits per heavy atom. The maximum absolute atomic E-state index is 13.9. The molecule has 0 aliphatic carbocycles. The lowest BCUT2D eigenvalue weighted by molar-refractivity contribution is 0.459. The summed E-state index contributed by atoms with van der Waals surface area (Å²) in [4.78, 5) is -0.459. The van der Waals surface area contributed by atoms with Gasteiger partial charge in [-0.1, -0.05) is 23.4 Å². The first kappa shape index (κ1) is 19.1. The van der Waals surface area contributed by atoms with E-state index in [0.29, 0.717) is 24.1 Å². The van der Waals surface area contributed by atoms with Crippen molar-refractivity contribution in [1.82, 2.24) is 14.9 Å². The minimum absolute atomic E-state index is 0.0109. The van der Waals surface area contributed by atoms with Gasteiger partial charge in [0.05, 0.1) is 17.6 Å². The van der Waals surface area contributed by atoms with Gasteiger partial charge in [-0.3, -0.25) is 9.40 Å². The highest BCUT2D eigenvalue weighted by Crippen LogP contribution is 2.30. The Kier molecular flexibility index (Phi) is 4.81. The Labute approximate surface area is 166 Å². The third-order valence-corrected chi connectivity index (χ3v) is 5.81. The summed E-state index contributed by atoms with van der Waals surface area (Å²) in [5, 5.41) is 8.69. The molecule has 0 aliphatic heterocycles. The van der Waals surface area contributed by atoms with Gasteiger partial charge in [-0.25, -0.2) is 12.8 Å². The third kappa shape index (κ3) is 3.71. The van der Waals surface area contributed by atoms with E-state index in [2.05, 4.69) is 15.0 Å². The van der Waals surface area contributed by atoms with Crippen LogP contribution in [-0.2, 0) is 23.1 Å². The van der Waals surface area contributed by atoms with Crippen molar-refractivity contribution in [2.75, 3.05) is 4.72 Å². The van der Waals surface area contributed by atoms with Crippen molar-refractivity contribution in [3.8, 4) is 0 Å². The average molecular weight is 415 g/mol. The lowest BCUT2D eigenvalue weighted by Crippen LogP contribution is -2.15. The van der Waals surface area contributed by atoms with Gasteiger partial charge in [0.25, 0.3) is 10.0 Å². The van der Waals surface area contributed by atoms with Crippen LogP contribution in [0, 0.1) is 12.7 Å². The molecule has 0 spiro atoms. The number of nitrogens with two attached hydrogens (primary N) is 1. The van der Waals surface area contributed by atoms with Gasteiger partial charge >= 0.3 is 0 Å². The second-order valence-corrected chi connectivity index (χ2v) is 8.21. The van der Waals surface area contributed by atoms with Crippen molar-refractivity contribution in [2.45, 2.75) is 24.9 Å². The molecule has 0 amide bonds. The number of sulfonamides is 1. The predicted molar refractivity (Wildman–Crippen MR) is 105 cm³/mol. The molecular weight excluding hydrogens is 397 g/mol. The van der Waals surface area contributed by atoms with E-state index in [9.17, 15) is 12.8 Å². The summed E-state index contributed by atoms with van der Waals surface area (Å²) < 4.78 is 48.4. The molecule has 0 saturated carbocycles. The number of anilines is 1. The van der Waals surface area contributed by atoms with E-state index in [4.69, 9.17) is 10.3 Å². The zero-order valence-corrected chi connectivity index (χ0v) is 16.3. The van der Waals surface area contributed by atoms with E-state index in [1.54, 1.807) is 10.7 Å². The van der Waals surface area contributed by atoms with Crippen molar-refractivity contribution in [3.05, 3.63) is 71.3 Å². The lowest BCUT2D eigenvalue weighted by Gasteiger charge is -2.08. The molecule has 2 heterocycles. The highest BCUT2D eigenvalue weighted by atomic mass is 32.2. The van der Waals surface area contributed by atoms with Crippen molar-refractivity contribution in [2.24, 2.45) is 5.73 Å². The molecule has 29 heavy (non-hydrogen) atoms. The Balaban J connectivity index is 1.66. The molecule has 0 bridgehead atoms. The van der Waals surface area contributed by atoms with Crippen LogP contribution in [0.2, 0.25) is 0 Å². The summed E-state index contributed by atoms with van der Waals surface area (Å²) in [7, 11) is -4.15. The first-order chi connectivity index (χ1) is 13.9. The summed E-state index contributed by atoms with van der Waals surface area (Å²) >= 11 is 0. The molecule has 0 aliphatic rings. The number of halogens is 1. The van der Waals surface area contributed by atoms with Gasteiger partial charge in [0.1, 0.15) is 10.7 Å². The van der Waals surface area contributed by atoms with E-state index in [-0.39, 0.29) is 5.82 Å². The second kappa shape index (κ2) is 7.30. The monoisotopic (exact) mass is 415 g/mol. The molecule has 0 unspecified atom stereocenters. The van der Waals surface area contributed by atoms with Crippen molar-refractivity contribution in [1.29, 1.82) is 0 Å². The first-order valence-electron chi connectivity index (χ1n) is 8.76. The molecule has 4 aromatic rings. The normalized spacial score (nSPS) is 11.8. The van der Waals surface area contributed by atoms with E-state index in [1.807, 2.05) is 25.3 Å². The van der Waals surface area contributed by atoms with Crippen LogP contribution in [0.5, 0.6) is 0 Å². The number of nitrogens with one attached hydrogen (secondary N) is 1. The number of nitrogens with zero attached hydrogens (tertiary/aromatic N) is 3. The van der Waals surface area contributed by atoms with Gasteiger partial charge in [0.2, 0.25) is 0 Å². The van der Waals surface area contributed by atoms with Crippen LogP contribution in [-0.4, -0.2) is 23.4 Å². The molecule has 0 fully saturated rings. The summed E-state index contributed by atoms with van der Waals surface area (Å²) in [6, 6.07) is 10.6. The minimum atomic E-state index is -4.15. The minimum Gasteiger partial charge on any atom is -0.354 e. The standard InChI is InChI=1S/C19H18FN5O3S/c1-12-8-13(11-25-7-6-14(10-21)22-25)9-16-18(12)19(23-28-16)24-29(26,27)17-5-3-2-4-15(17)20/h2-9H,10-11,21H2,1H3,(H,23,24). The molecular formula is C19H18FN5O3S. The lowest BCUT2D eigenvalue weighted by atomic mass is 10.1. The van der Waals surface area contributed by atoms with Crippen molar-refractivity contribution in [3.63, 3.8) is 0 Å².